The Morgan fingerprint density at radius 2 is 2.29 bits per heavy atom. The molecule has 1 aromatic rings. The molecule has 5 heteroatoms. The summed E-state index contributed by atoms with van der Waals surface area (Å²) in [6, 6.07) is 4.08. The summed E-state index contributed by atoms with van der Waals surface area (Å²) < 4.78 is 5.62. The van der Waals surface area contributed by atoms with Gasteiger partial charge in [-0.05, 0) is 31.7 Å². The van der Waals surface area contributed by atoms with Crippen LogP contribution in [0.2, 0.25) is 0 Å². The highest BCUT2D eigenvalue weighted by atomic mass is 32.1. The van der Waals surface area contributed by atoms with Gasteiger partial charge in [0.25, 0.3) is 0 Å². The van der Waals surface area contributed by atoms with E-state index in [1.807, 2.05) is 24.8 Å². The van der Waals surface area contributed by atoms with Gasteiger partial charge in [-0.2, -0.15) is 0 Å². The first-order chi connectivity index (χ1) is 10.2. The van der Waals surface area contributed by atoms with E-state index in [4.69, 9.17) is 4.74 Å². The van der Waals surface area contributed by atoms with Gasteiger partial charge in [-0.25, -0.2) is 0 Å². The molecule has 2 rings (SSSR count). The molecule has 1 N–H and O–H groups in total. The monoisotopic (exact) mass is 310 g/mol. The number of nitrogens with zero attached hydrogens (tertiary/aromatic N) is 1. The second-order valence-electron chi connectivity index (χ2n) is 5.54. The van der Waals surface area contributed by atoms with E-state index in [1.54, 1.807) is 11.3 Å². The molecule has 118 valence electrons. The molecule has 3 atom stereocenters. The number of ether oxygens (including phenoxy) is 1. The van der Waals surface area contributed by atoms with Crippen molar-refractivity contribution in [1.82, 2.24) is 10.2 Å². The number of nitrogens with one attached hydrogen (secondary N) is 1. The van der Waals surface area contributed by atoms with E-state index < -0.39 is 0 Å². The van der Waals surface area contributed by atoms with Crippen LogP contribution in [0, 0.1) is 0 Å². The molecular weight excluding hydrogens is 284 g/mol. The molecule has 0 aliphatic carbocycles. The van der Waals surface area contributed by atoms with Crippen molar-refractivity contribution in [2.45, 2.75) is 58.3 Å². The molecule has 2 heterocycles. The molecule has 0 bridgehead atoms. The molecule has 1 aromatic heterocycles. The summed E-state index contributed by atoms with van der Waals surface area (Å²) in [5, 5.41) is 5.57. The number of unbranched alkanes of at least 4 members (excludes halogenated alkanes) is 1. The van der Waals surface area contributed by atoms with Crippen molar-refractivity contribution >= 4 is 17.2 Å². The summed E-state index contributed by atoms with van der Waals surface area (Å²) in [6.07, 6.45) is 3.17. The summed E-state index contributed by atoms with van der Waals surface area (Å²) in [5.74, 6) is 0.216. The smallest absolute Gasteiger partial charge is 0.241 e. The van der Waals surface area contributed by atoms with E-state index >= 15 is 0 Å². The third-order valence-electron chi connectivity index (χ3n) is 3.82. The lowest BCUT2D eigenvalue weighted by molar-refractivity contribution is -0.132. The van der Waals surface area contributed by atoms with Crippen molar-refractivity contribution in [3.8, 4) is 0 Å². The summed E-state index contributed by atoms with van der Waals surface area (Å²) in [6.45, 7) is 7.50. The normalized spacial score (nSPS) is 23.8. The lowest BCUT2D eigenvalue weighted by Crippen LogP contribution is -2.37. The van der Waals surface area contributed by atoms with Crippen molar-refractivity contribution in [2.24, 2.45) is 0 Å². The van der Waals surface area contributed by atoms with Crippen LogP contribution in [0.15, 0.2) is 17.5 Å². The predicted octanol–water partition coefficient (Wildman–Crippen LogP) is 3.16. The second-order valence-corrected chi connectivity index (χ2v) is 6.52. The molecule has 0 radical (unpaired) electrons. The Bertz CT molecular complexity index is 435. The number of rotatable bonds is 8. The van der Waals surface area contributed by atoms with Crippen LogP contribution in [0.5, 0.6) is 0 Å². The maximum atomic E-state index is 12.7. The fourth-order valence-electron chi connectivity index (χ4n) is 2.79. The summed E-state index contributed by atoms with van der Waals surface area (Å²) in [7, 11) is 0. The van der Waals surface area contributed by atoms with Crippen molar-refractivity contribution in [1.29, 1.82) is 0 Å². The number of carbonyl (C=O) groups excluding carboxylic acids is 1. The average molecular weight is 310 g/mol. The van der Waals surface area contributed by atoms with Crippen molar-refractivity contribution in [3.05, 3.63) is 22.4 Å². The lowest BCUT2D eigenvalue weighted by atomic mass is 10.1. The van der Waals surface area contributed by atoms with E-state index in [2.05, 4.69) is 23.7 Å². The van der Waals surface area contributed by atoms with Gasteiger partial charge in [0.15, 0.2) is 0 Å². The zero-order valence-corrected chi connectivity index (χ0v) is 14.0. The first kappa shape index (κ1) is 16.5. The van der Waals surface area contributed by atoms with Crippen LogP contribution >= 0.6 is 11.3 Å². The molecule has 4 nitrogen and oxygen atoms in total. The SMILES string of the molecule is CCCCC1NC(c2cccs2)N(CC(C)OCC)C1=O. The fourth-order valence-corrected chi connectivity index (χ4v) is 3.58. The molecule has 1 amide bonds. The Kier molecular flexibility index (Phi) is 6.21. The largest absolute Gasteiger partial charge is 0.377 e. The molecular formula is C16H26N2O2S. The van der Waals surface area contributed by atoms with Crippen molar-refractivity contribution in [2.75, 3.05) is 13.2 Å². The Balaban J connectivity index is 2.10. The third-order valence-corrected chi connectivity index (χ3v) is 4.74. The number of amides is 1. The Hall–Kier alpha value is -0.910. The van der Waals surface area contributed by atoms with E-state index in [9.17, 15) is 4.79 Å². The number of hydrogen-bond donors (Lipinski definition) is 1. The van der Waals surface area contributed by atoms with E-state index in [-0.39, 0.29) is 24.2 Å². The first-order valence-corrected chi connectivity index (χ1v) is 8.76. The molecule has 1 saturated heterocycles. The molecule has 1 aliphatic rings. The van der Waals surface area contributed by atoms with Crippen LogP contribution in [0.4, 0.5) is 0 Å². The van der Waals surface area contributed by atoms with Crippen LogP contribution in [-0.4, -0.2) is 36.1 Å². The van der Waals surface area contributed by atoms with Gasteiger partial charge in [0.1, 0.15) is 6.17 Å². The standard InChI is InChI=1S/C16H26N2O2S/c1-4-6-8-13-16(19)18(11-12(3)20-5-2)15(17-13)14-9-7-10-21-14/h7,9-10,12-13,15,17H,4-6,8,11H2,1-3H3. The van der Waals surface area contributed by atoms with E-state index in [0.29, 0.717) is 13.2 Å². The van der Waals surface area contributed by atoms with Gasteiger partial charge in [-0.15, -0.1) is 11.3 Å². The maximum absolute atomic E-state index is 12.7. The van der Waals surface area contributed by atoms with Gasteiger partial charge < -0.3 is 9.64 Å². The fraction of sp³-hybridized carbons (Fsp3) is 0.688. The molecule has 0 spiro atoms. The molecule has 1 aliphatic heterocycles. The zero-order valence-electron chi connectivity index (χ0n) is 13.2. The maximum Gasteiger partial charge on any atom is 0.241 e. The Morgan fingerprint density at radius 1 is 1.48 bits per heavy atom. The summed E-state index contributed by atoms with van der Waals surface area (Å²) in [4.78, 5) is 15.8. The van der Waals surface area contributed by atoms with Crippen LogP contribution < -0.4 is 5.32 Å². The number of carbonyl (C=O) groups is 1. The highest BCUT2D eigenvalue weighted by Crippen LogP contribution is 2.30. The van der Waals surface area contributed by atoms with Gasteiger partial charge in [0, 0.05) is 18.0 Å². The highest BCUT2D eigenvalue weighted by Gasteiger charge is 2.40. The lowest BCUT2D eigenvalue weighted by Gasteiger charge is -2.26. The topological polar surface area (TPSA) is 41.6 Å². The summed E-state index contributed by atoms with van der Waals surface area (Å²) in [5.41, 5.74) is 0. The van der Waals surface area contributed by atoms with Crippen molar-refractivity contribution < 1.29 is 9.53 Å². The Morgan fingerprint density at radius 3 is 2.90 bits per heavy atom. The van der Waals surface area contributed by atoms with Gasteiger partial charge in [-0.1, -0.05) is 25.8 Å². The summed E-state index contributed by atoms with van der Waals surface area (Å²) >= 11 is 1.70. The second kappa shape index (κ2) is 7.92. The van der Waals surface area contributed by atoms with E-state index in [0.717, 1.165) is 19.3 Å². The molecule has 0 aromatic carbocycles. The number of thiophene rings is 1. The third kappa shape index (κ3) is 4.05. The minimum absolute atomic E-state index is 0.00209. The van der Waals surface area contributed by atoms with Gasteiger partial charge in [0.2, 0.25) is 5.91 Å². The average Bonchev–Trinajstić information content (AvgIpc) is 3.07. The molecule has 1 fully saturated rings. The highest BCUT2D eigenvalue weighted by molar-refractivity contribution is 7.10. The predicted molar refractivity (Wildman–Crippen MR) is 86.3 cm³/mol. The quantitative estimate of drug-likeness (QED) is 0.802. The minimum atomic E-state index is -0.0501. The Labute approximate surface area is 131 Å². The number of hydrogen-bond acceptors (Lipinski definition) is 4. The van der Waals surface area contributed by atoms with Gasteiger partial charge >= 0.3 is 0 Å². The first-order valence-electron chi connectivity index (χ1n) is 7.88. The van der Waals surface area contributed by atoms with Crippen molar-refractivity contribution in [3.63, 3.8) is 0 Å². The minimum Gasteiger partial charge on any atom is -0.377 e. The zero-order chi connectivity index (χ0) is 15.2. The van der Waals surface area contributed by atoms with Crippen LogP contribution in [-0.2, 0) is 9.53 Å². The molecule has 0 saturated carbocycles. The van der Waals surface area contributed by atoms with Crippen LogP contribution in [0.1, 0.15) is 51.1 Å². The van der Waals surface area contributed by atoms with Gasteiger partial charge in [-0.3, -0.25) is 10.1 Å². The van der Waals surface area contributed by atoms with Crippen LogP contribution in [0.25, 0.3) is 0 Å². The van der Waals surface area contributed by atoms with Gasteiger partial charge in [0.05, 0.1) is 12.1 Å². The molecule has 3 unspecified atom stereocenters. The van der Waals surface area contributed by atoms with Crippen LogP contribution in [0.3, 0.4) is 0 Å². The molecule has 21 heavy (non-hydrogen) atoms. The van der Waals surface area contributed by atoms with E-state index in [1.165, 1.54) is 4.88 Å².